The lowest BCUT2D eigenvalue weighted by Crippen LogP contribution is -2.36. The molecule has 5 nitrogen and oxygen atoms in total. The van der Waals surface area contributed by atoms with Crippen LogP contribution in [0.1, 0.15) is 20.7 Å². The summed E-state index contributed by atoms with van der Waals surface area (Å²) >= 11 is 5.72. The van der Waals surface area contributed by atoms with Crippen LogP contribution in [0.3, 0.4) is 0 Å². The molecule has 0 radical (unpaired) electrons. The number of anilines is 1. The van der Waals surface area contributed by atoms with E-state index < -0.39 is 17.6 Å². The molecule has 0 spiro atoms. The van der Waals surface area contributed by atoms with E-state index in [0.29, 0.717) is 5.69 Å². The molecule has 0 aliphatic carbocycles. The van der Waals surface area contributed by atoms with Crippen LogP contribution in [0.4, 0.5) is 10.1 Å². The van der Waals surface area contributed by atoms with Gasteiger partial charge in [-0.15, -0.1) is 0 Å². The number of carbonyl (C=O) groups excluding carboxylic acids is 2. The number of nitrogens with zero attached hydrogens (tertiary/aromatic N) is 1. The minimum atomic E-state index is -0.744. The topological polar surface area (TPSA) is 72.6 Å². The summed E-state index contributed by atoms with van der Waals surface area (Å²) < 4.78 is 19.1. The Kier molecular flexibility index (Phi) is 5.89. The van der Waals surface area contributed by atoms with Crippen molar-refractivity contribution < 1.29 is 18.7 Å². The van der Waals surface area contributed by atoms with E-state index in [1.807, 2.05) is 0 Å². The summed E-state index contributed by atoms with van der Waals surface area (Å²) in [4.78, 5) is 25.7. The highest BCUT2D eigenvalue weighted by Gasteiger charge is 2.24. The maximum atomic E-state index is 14.1. The van der Waals surface area contributed by atoms with E-state index in [9.17, 15) is 14.0 Å². The third kappa shape index (κ3) is 3.90. The van der Waals surface area contributed by atoms with Crippen LogP contribution < -0.4 is 10.6 Å². The van der Waals surface area contributed by atoms with Crippen molar-refractivity contribution in [3.63, 3.8) is 0 Å². The quantitative estimate of drug-likeness (QED) is 0.870. The normalized spacial score (nSPS) is 10.5. The van der Waals surface area contributed by atoms with Crippen molar-refractivity contribution in [2.45, 2.75) is 0 Å². The number of carbonyl (C=O) groups is 2. The average Bonchev–Trinajstić information content (AvgIpc) is 2.55. The summed E-state index contributed by atoms with van der Waals surface area (Å²) in [5, 5.41) is 0.185. The van der Waals surface area contributed by atoms with Crippen LogP contribution in [0.5, 0.6) is 0 Å². The zero-order chi connectivity index (χ0) is 17.7. The molecule has 0 fully saturated rings. The summed E-state index contributed by atoms with van der Waals surface area (Å²) in [5.41, 5.74) is 5.67. The van der Waals surface area contributed by atoms with Gasteiger partial charge in [0.15, 0.2) is 0 Å². The number of rotatable bonds is 6. The Hall–Kier alpha value is -2.44. The first-order valence-electron chi connectivity index (χ1n) is 7.10. The number of benzene rings is 2. The van der Waals surface area contributed by atoms with E-state index in [1.54, 1.807) is 18.2 Å². The molecule has 7 heteroatoms. The number of nitrogens with two attached hydrogens (primary N) is 1. The fraction of sp³-hybridized carbons (Fsp3) is 0.176. The van der Waals surface area contributed by atoms with E-state index in [-0.39, 0.29) is 29.3 Å². The van der Waals surface area contributed by atoms with Gasteiger partial charge in [0.1, 0.15) is 5.82 Å². The number of methoxy groups -OCH3 is 1. The Morgan fingerprint density at radius 1 is 1.21 bits per heavy atom. The van der Waals surface area contributed by atoms with Crippen LogP contribution in [-0.4, -0.2) is 32.1 Å². The first kappa shape index (κ1) is 17.9. The van der Waals surface area contributed by atoms with Crippen LogP contribution in [0, 0.1) is 5.82 Å². The Morgan fingerprint density at radius 2 is 1.92 bits per heavy atom. The van der Waals surface area contributed by atoms with Gasteiger partial charge in [-0.05, 0) is 30.3 Å². The highest BCUT2D eigenvalue weighted by atomic mass is 35.5. The maximum absolute atomic E-state index is 14.1. The van der Waals surface area contributed by atoms with Crippen molar-refractivity contribution in [3.05, 3.63) is 64.4 Å². The molecule has 2 aromatic carbocycles. The van der Waals surface area contributed by atoms with Crippen molar-refractivity contribution >= 4 is 29.1 Å². The highest BCUT2D eigenvalue weighted by Crippen LogP contribution is 2.24. The lowest BCUT2D eigenvalue weighted by Gasteiger charge is -2.24. The smallest absolute Gasteiger partial charge is 0.261 e. The Morgan fingerprint density at radius 3 is 2.54 bits per heavy atom. The second-order valence-electron chi connectivity index (χ2n) is 4.96. The molecule has 0 aliphatic rings. The number of halogens is 2. The zero-order valence-corrected chi connectivity index (χ0v) is 13.7. The van der Waals surface area contributed by atoms with Gasteiger partial charge in [0.05, 0.1) is 23.4 Å². The van der Waals surface area contributed by atoms with Gasteiger partial charge in [0, 0.05) is 18.7 Å². The molecule has 24 heavy (non-hydrogen) atoms. The van der Waals surface area contributed by atoms with Crippen molar-refractivity contribution in [2.24, 2.45) is 5.73 Å². The number of hydrogen-bond acceptors (Lipinski definition) is 3. The Balaban J connectivity index is 2.49. The number of ether oxygens (including phenoxy) is 1. The molecular formula is C17H16ClFN2O3. The summed E-state index contributed by atoms with van der Waals surface area (Å²) in [5.74, 6) is -2.04. The molecule has 0 saturated carbocycles. The lowest BCUT2D eigenvalue weighted by atomic mass is 10.1. The Bertz CT molecular complexity index is 767. The van der Waals surface area contributed by atoms with Gasteiger partial charge in [0.25, 0.3) is 11.8 Å². The fourth-order valence-corrected chi connectivity index (χ4v) is 2.40. The van der Waals surface area contributed by atoms with Crippen LogP contribution in [-0.2, 0) is 4.74 Å². The summed E-state index contributed by atoms with van der Waals surface area (Å²) in [6.07, 6.45) is 0. The molecule has 0 atom stereocenters. The van der Waals surface area contributed by atoms with Crippen LogP contribution in [0.15, 0.2) is 42.5 Å². The molecule has 2 aromatic rings. The van der Waals surface area contributed by atoms with Crippen molar-refractivity contribution in [1.29, 1.82) is 0 Å². The van der Waals surface area contributed by atoms with E-state index in [4.69, 9.17) is 22.1 Å². The average molecular weight is 351 g/mol. The SMILES string of the molecule is COCCN(C(=O)c1ccc(Cl)cc1F)c1ccccc1C(N)=O. The molecule has 0 heterocycles. The van der Waals surface area contributed by atoms with E-state index in [2.05, 4.69) is 0 Å². The van der Waals surface area contributed by atoms with Gasteiger partial charge in [-0.3, -0.25) is 9.59 Å². The summed E-state index contributed by atoms with van der Waals surface area (Å²) in [7, 11) is 1.48. The maximum Gasteiger partial charge on any atom is 0.261 e. The summed E-state index contributed by atoms with van der Waals surface area (Å²) in [6.45, 7) is 0.329. The molecule has 0 saturated heterocycles. The van der Waals surface area contributed by atoms with Gasteiger partial charge in [-0.25, -0.2) is 4.39 Å². The predicted molar refractivity (Wildman–Crippen MR) is 89.9 cm³/mol. The molecular weight excluding hydrogens is 335 g/mol. The highest BCUT2D eigenvalue weighted by molar-refractivity contribution is 6.30. The first-order chi connectivity index (χ1) is 11.5. The van der Waals surface area contributed by atoms with E-state index >= 15 is 0 Å². The summed E-state index contributed by atoms with van der Waals surface area (Å²) in [6, 6.07) is 10.1. The van der Waals surface area contributed by atoms with Gasteiger partial charge in [-0.1, -0.05) is 23.7 Å². The van der Waals surface area contributed by atoms with Crippen molar-refractivity contribution in [1.82, 2.24) is 0 Å². The molecule has 2 N–H and O–H groups in total. The Labute approximate surface area is 143 Å². The molecule has 0 aromatic heterocycles. The number of para-hydroxylation sites is 1. The van der Waals surface area contributed by atoms with Crippen LogP contribution in [0.25, 0.3) is 0 Å². The zero-order valence-electron chi connectivity index (χ0n) is 13.0. The standard InChI is InChI=1S/C17H16ClFN2O3/c1-24-9-8-21(15-5-3-2-4-13(15)16(20)22)17(23)12-7-6-11(18)10-14(12)19/h2-7,10H,8-9H2,1H3,(H2,20,22). The fourth-order valence-electron chi connectivity index (χ4n) is 2.24. The van der Waals surface area contributed by atoms with Crippen molar-refractivity contribution in [2.75, 3.05) is 25.2 Å². The molecule has 0 bridgehead atoms. The number of hydrogen-bond donors (Lipinski definition) is 1. The van der Waals surface area contributed by atoms with Gasteiger partial charge >= 0.3 is 0 Å². The van der Waals surface area contributed by atoms with Gasteiger partial charge in [0.2, 0.25) is 0 Å². The third-order valence-corrected chi connectivity index (χ3v) is 3.62. The molecule has 0 aliphatic heterocycles. The van der Waals surface area contributed by atoms with Crippen molar-refractivity contribution in [3.8, 4) is 0 Å². The predicted octanol–water partition coefficient (Wildman–Crippen LogP) is 2.87. The van der Waals surface area contributed by atoms with Gasteiger partial charge in [-0.2, -0.15) is 0 Å². The second kappa shape index (κ2) is 7.90. The first-order valence-corrected chi connectivity index (χ1v) is 7.48. The third-order valence-electron chi connectivity index (χ3n) is 3.39. The minimum absolute atomic E-state index is 0.127. The number of primary amides is 1. The molecule has 2 amide bonds. The second-order valence-corrected chi connectivity index (χ2v) is 5.39. The molecule has 2 rings (SSSR count). The van der Waals surface area contributed by atoms with Crippen LogP contribution >= 0.6 is 11.6 Å². The molecule has 0 unspecified atom stereocenters. The number of amides is 2. The van der Waals surface area contributed by atoms with Crippen LogP contribution in [0.2, 0.25) is 5.02 Å². The minimum Gasteiger partial charge on any atom is -0.383 e. The largest absolute Gasteiger partial charge is 0.383 e. The van der Waals surface area contributed by atoms with E-state index in [1.165, 1.54) is 30.2 Å². The molecule has 126 valence electrons. The van der Waals surface area contributed by atoms with Gasteiger partial charge < -0.3 is 15.4 Å². The monoisotopic (exact) mass is 350 g/mol. The van der Waals surface area contributed by atoms with E-state index in [0.717, 1.165) is 6.07 Å². The lowest BCUT2D eigenvalue weighted by molar-refractivity contribution is 0.0971.